The van der Waals surface area contributed by atoms with Crippen LogP contribution < -0.4 is 0 Å². The SMILES string of the molecule is N#Cc1c(-c2ccc(Cl)cc2)[nH]c(C(F)(F)F)c1CCl. The minimum atomic E-state index is -4.60. The summed E-state index contributed by atoms with van der Waals surface area (Å²) in [6.45, 7) is 0. The molecule has 0 saturated heterocycles. The zero-order valence-corrected chi connectivity index (χ0v) is 11.4. The normalized spacial score (nSPS) is 11.4. The molecule has 2 aromatic rings. The molecule has 0 aliphatic rings. The van der Waals surface area contributed by atoms with E-state index in [2.05, 4.69) is 4.98 Å². The second-order valence-corrected chi connectivity index (χ2v) is 4.68. The Hall–Kier alpha value is -1.64. The molecule has 0 amide bonds. The predicted molar refractivity (Wildman–Crippen MR) is 70.5 cm³/mol. The smallest absolute Gasteiger partial charge is 0.350 e. The first kappa shape index (κ1) is 14.8. The van der Waals surface area contributed by atoms with Crippen molar-refractivity contribution in [3.05, 3.63) is 46.1 Å². The van der Waals surface area contributed by atoms with Gasteiger partial charge in [-0.25, -0.2) is 0 Å². The van der Waals surface area contributed by atoms with Crippen molar-refractivity contribution in [3.8, 4) is 17.3 Å². The van der Waals surface area contributed by atoms with Gasteiger partial charge in [-0.15, -0.1) is 11.6 Å². The fraction of sp³-hybridized carbons (Fsp3) is 0.154. The van der Waals surface area contributed by atoms with Gasteiger partial charge in [0, 0.05) is 10.6 Å². The molecule has 1 aromatic carbocycles. The van der Waals surface area contributed by atoms with Gasteiger partial charge in [0.2, 0.25) is 0 Å². The Morgan fingerprint density at radius 3 is 2.25 bits per heavy atom. The lowest BCUT2D eigenvalue weighted by Crippen LogP contribution is -2.08. The third-order valence-electron chi connectivity index (χ3n) is 2.77. The highest BCUT2D eigenvalue weighted by atomic mass is 35.5. The number of H-pyrrole nitrogens is 1. The molecule has 0 fully saturated rings. The molecule has 7 heteroatoms. The van der Waals surface area contributed by atoms with Crippen LogP contribution in [0.15, 0.2) is 24.3 Å². The van der Waals surface area contributed by atoms with Crippen molar-refractivity contribution in [1.82, 2.24) is 4.98 Å². The number of rotatable bonds is 2. The fourth-order valence-electron chi connectivity index (χ4n) is 1.87. The molecule has 1 N–H and O–H groups in total. The maximum atomic E-state index is 12.9. The number of nitrogens with zero attached hydrogens (tertiary/aromatic N) is 1. The van der Waals surface area contributed by atoms with Crippen LogP contribution in [-0.2, 0) is 12.1 Å². The van der Waals surface area contributed by atoms with Crippen molar-refractivity contribution in [1.29, 1.82) is 5.26 Å². The molecule has 1 heterocycles. The van der Waals surface area contributed by atoms with Gasteiger partial charge in [-0.05, 0) is 17.7 Å². The van der Waals surface area contributed by atoms with Crippen LogP contribution in [0.25, 0.3) is 11.3 Å². The molecule has 0 aliphatic carbocycles. The number of aromatic amines is 1. The van der Waals surface area contributed by atoms with Crippen LogP contribution in [-0.4, -0.2) is 4.98 Å². The van der Waals surface area contributed by atoms with Gasteiger partial charge < -0.3 is 4.98 Å². The first-order valence-electron chi connectivity index (χ1n) is 5.42. The Kier molecular flexibility index (Phi) is 3.98. The lowest BCUT2D eigenvalue weighted by atomic mass is 10.1. The topological polar surface area (TPSA) is 39.6 Å². The molecule has 20 heavy (non-hydrogen) atoms. The summed E-state index contributed by atoms with van der Waals surface area (Å²) in [6, 6.07) is 7.91. The zero-order valence-electron chi connectivity index (χ0n) is 9.85. The Balaban J connectivity index is 2.68. The number of halogens is 5. The van der Waals surface area contributed by atoms with E-state index in [4.69, 9.17) is 28.5 Å². The van der Waals surface area contributed by atoms with E-state index in [9.17, 15) is 13.2 Å². The van der Waals surface area contributed by atoms with E-state index >= 15 is 0 Å². The van der Waals surface area contributed by atoms with E-state index in [1.165, 1.54) is 24.3 Å². The molecule has 2 rings (SSSR count). The predicted octanol–water partition coefficient (Wildman–Crippen LogP) is 4.96. The summed E-state index contributed by atoms with van der Waals surface area (Å²) in [5.74, 6) is -0.401. The lowest BCUT2D eigenvalue weighted by molar-refractivity contribution is -0.141. The van der Waals surface area contributed by atoms with Crippen LogP contribution in [0.1, 0.15) is 16.8 Å². The lowest BCUT2D eigenvalue weighted by Gasteiger charge is -2.05. The summed E-state index contributed by atoms with van der Waals surface area (Å²) in [5, 5.41) is 9.55. The van der Waals surface area contributed by atoms with E-state index in [1.807, 2.05) is 0 Å². The molecular formula is C13H7Cl2F3N2. The number of alkyl halides is 4. The van der Waals surface area contributed by atoms with Crippen molar-refractivity contribution in [2.24, 2.45) is 0 Å². The zero-order chi connectivity index (χ0) is 14.9. The summed E-state index contributed by atoms with van der Waals surface area (Å²) in [6.07, 6.45) is -4.60. The van der Waals surface area contributed by atoms with Crippen LogP contribution in [0.3, 0.4) is 0 Å². The summed E-state index contributed by atoms with van der Waals surface area (Å²) >= 11 is 11.3. The van der Waals surface area contributed by atoms with Crippen LogP contribution in [0.2, 0.25) is 5.02 Å². The maximum Gasteiger partial charge on any atom is 0.431 e. The van der Waals surface area contributed by atoms with Gasteiger partial charge in [-0.2, -0.15) is 18.4 Å². The number of hydrogen-bond acceptors (Lipinski definition) is 1. The van der Waals surface area contributed by atoms with Crippen LogP contribution in [0.4, 0.5) is 13.2 Å². The van der Waals surface area contributed by atoms with Crippen LogP contribution in [0.5, 0.6) is 0 Å². The summed E-state index contributed by atoms with van der Waals surface area (Å²) in [7, 11) is 0. The molecule has 2 nitrogen and oxygen atoms in total. The second kappa shape index (κ2) is 5.39. The fourth-order valence-corrected chi connectivity index (χ4v) is 2.26. The largest absolute Gasteiger partial charge is 0.431 e. The number of aromatic nitrogens is 1. The second-order valence-electron chi connectivity index (χ2n) is 3.98. The van der Waals surface area contributed by atoms with Gasteiger partial charge in [-0.3, -0.25) is 0 Å². The standard InChI is InChI=1S/C13H7Cl2F3N2/c14-5-9-10(6-19)11(20-12(9)13(16,17)18)7-1-3-8(15)4-2-7/h1-4,20H,5H2. The van der Waals surface area contributed by atoms with Crippen molar-refractivity contribution < 1.29 is 13.2 Å². The average Bonchev–Trinajstić information content (AvgIpc) is 2.77. The van der Waals surface area contributed by atoms with Gasteiger partial charge in [-0.1, -0.05) is 23.7 Å². The van der Waals surface area contributed by atoms with E-state index in [0.29, 0.717) is 10.6 Å². The van der Waals surface area contributed by atoms with Gasteiger partial charge in [0.1, 0.15) is 11.8 Å². The quantitative estimate of drug-likeness (QED) is 0.780. The monoisotopic (exact) mass is 318 g/mol. The van der Waals surface area contributed by atoms with Crippen molar-refractivity contribution in [3.63, 3.8) is 0 Å². The van der Waals surface area contributed by atoms with Crippen molar-refractivity contribution in [2.75, 3.05) is 0 Å². The summed E-state index contributed by atoms with van der Waals surface area (Å²) < 4.78 is 38.8. The molecule has 0 aliphatic heterocycles. The Bertz CT molecular complexity index is 667. The molecule has 0 atom stereocenters. The van der Waals surface area contributed by atoms with E-state index in [0.717, 1.165) is 0 Å². The minimum Gasteiger partial charge on any atom is -0.350 e. The molecule has 0 spiro atoms. The van der Waals surface area contributed by atoms with E-state index in [1.54, 1.807) is 6.07 Å². The van der Waals surface area contributed by atoms with Crippen molar-refractivity contribution in [2.45, 2.75) is 12.1 Å². The van der Waals surface area contributed by atoms with Crippen molar-refractivity contribution >= 4 is 23.2 Å². The Morgan fingerprint density at radius 1 is 1.20 bits per heavy atom. The average molecular weight is 319 g/mol. The number of hydrogen-bond donors (Lipinski definition) is 1. The van der Waals surface area contributed by atoms with Crippen LogP contribution >= 0.6 is 23.2 Å². The summed E-state index contributed by atoms with van der Waals surface area (Å²) in [5.41, 5.74) is -0.810. The molecule has 104 valence electrons. The number of nitrogens with one attached hydrogen (secondary N) is 1. The molecule has 0 radical (unpaired) electrons. The number of benzene rings is 1. The highest BCUT2D eigenvalue weighted by Gasteiger charge is 2.37. The Morgan fingerprint density at radius 2 is 1.80 bits per heavy atom. The maximum absolute atomic E-state index is 12.9. The minimum absolute atomic E-state index is 0.0899. The summed E-state index contributed by atoms with van der Waals surface area (Å²) in [4.78, 5) is 2.25. The third-order valence-corrected chi connectivity index (χ3v) is 3.28. The molecular weight excluding hydrogens is 312 g/mol. The van der Waals surface area contributed by atoms with Crippen LogP contribution in [0, 0.1) is 11.3 Å². The molecule has 0 unspecified atom stereocenters. The van der Waals surface area contributed by atoms with E-state index in [-0.39, 0.29) is 16.8 Å². The first-order chi connectivity index (χ1) is 9.38. The molecule has 1 aromatic heterocycles. The highest BCUT2D eigenvalue weighted by molar-refractivity contribution is 6.30. The molecule has 0 bridgehead atoms. The third kappa shape index (κ3) is 2.62. The first-order valence-corrected chi connectivity index (χ1v) is 6.33. The van der Waals surface area contributed by atoms with Gasteiger partial charge >= 0.3 is 6.18 Å². The van der Waals surface area contributed by atoms with Gasteiger partial charge in [0.25, 0.3) is 0 Å². The van der Waals surface area contributed by atoms with E-state index < -0.39 is 17.8 Å². The Labute approximate surface area is 122 Å². The molecule has 0 saturated carbocycles. The van der Waals surface area contributed by atoms with Gasteiger partial charge in [0.15, 0.2) is 0 Å². The van der Waals surface area contributed by atoms with Gasteiger partial charge in [0.05, 0.1) is 17.1 Å². The number of nitriles is 1. The highest BCUT2D eigenvalue weighted by Crippen LogP contribution is 2.38.